The lowest BCUT2D eigenvalue weighted by molar-refractivity contribution is -0.160. The summed E-state index contributed by atoms with van der Waals surface area (Å²) < 4.78 is 0. The first-order chi connectivity index (χ1) is 21.2. The summed E-state index contributed by atoms with van der Waals surface area (Å²) in [6, 6.07) is 24.3. The summed E-state index contributed by atoms with van der Waals surface area (Å²) >= 11 is 0. The van der Waals surface area contributed by atoms with Gasteiger partial charge in [-0.05, 0) is 24.3 Å². The number of nitrogens with zero attached hydrogens (tertiary/aromatic N) is 4. The van der Waals surface area contributed by atoms with Crippen molar-refractivity contribution < 1.29 is 50.6 Å². The Hall–Kier alpha value is -6.12. The third-order valence-corrected chi connectivity index (χ3v) is 6.60. The van der Waals surface area contributed by atoms with Crippen molar-refractivity contribution >= 4 is 67.5 Å². The van der Waals surface area contributed by atoms with E-state index in [1.165, 1.54) is 0 Å². The summed E-state index contributed by atoms with van der Waals surface area (Å²) in [4.78, 5) is 59.3. The predicted molar refractivity (Wildman–Crippen MR) is 168 cm³/mol. The first kappa shape index (κ1) is 36.1. The van der Waals surface area contributed by atoms with Crippen LogP contribution >= 0.6 is 0 Å². The molecule has 0 aliphatic heterocycles. The van der Waals surface area contributed by atoms with E-state index < -0.39 is 48.6 Å². The number of hydrogen-bond acceptors (Lipinski definition) is 8. The molecule has 0 amide bonds. The van der Waals surface area contributed by atoms with E-state index in [9.17, 15) is 19.2 Å². The van der Waals surface area contributed by atoms with E-state index in [-0.39, 0.29) is 11.0 Å². The van der Waals surface area contributed by atoms with Gasteiger partial charge in [0.25, 0.3) is 0 Å². The van der Waals surface area contributed by atoms with Gasteiger partial charge in [-0.15, -0.1) is 0 Å². The van der Waals surface area contributed by atoms with Gasteiger partial charge >= 0.3 is 23.9 Å². The second-order valence-corrected chi connectivity index (χ2v) is 9.52. The largest absolute Gasteiger partial charge is 0.481 e. The standard InChI is InChI=1S/2C12H8N2.C8H10O8.2H2O/c2*1-3-9-5-6-10-4-2-8-14-12(10)11(9)13-7-1;9-5(10)1-3(7(13)14)4(8(15)16)2-6(11)12;;/h2*1-8H;3-4H,1-2H2,(H,9,10)(H,11,12)(H,13,14)(H,15,16);2*1H2/t;;3-,4+;;. The van der Waals surface area contributed by atoms with E-state index in [4.69, 9.17) is 20.4 Å². The minimum absolute atomic E-state index is 0. The predicted octanol–water partition coefficient (Wildman–Crippen LogP) is 3.25. The summed E-state index contributed by atoms with van der Waals surface area (Å²) in [5, 5.41) is 38.6. The van der Waals surface area contributed by atoms with Crippen LogP contribution in [0.2, 0.25) is 0 Å². The summed E-state index contributed by atoms with van der Waals surface area (Å²) in [6.45, 7) is 0. The molecule has 0 spiro atoms. The molecule has 0 aliphatic carbocycles. The molecule has 0 fully saturated rings. The van der Waals surface area contributed by atoms with Crippen molar-refractivity contribution in [2.45, 2.75) is 12.8 Å². The van der Waals surface area contributed by atoms with Gasteiger partial charge in [0.15, 0.2) is 0 Å². The fraction of sp³-hybridized carbons (Fsp3) is 0.125. The Bertz CT molecular complexity index is 1730. The molecule has 238 valence electrons. The molecule has 0 saturated heterocycles. The SMILES string of the molecule is O.O.O=C(O)C[C@H](C(=O)O)[C@@H](CC(=O)O)C(=O)O.c1cnc2c(c1)ccc1cccnc12.c1cnc2c(c1)ccc1cccnc12. The number of hydrogen-bond donors (Lipinski definition) is 4. The average Bonchev–Trinajstić information content (AvgIpc) is 3.03. The Morgan fingerprint density at radius 1 is 0.457 bits per heavy atom. The first-order valence-electron chi connectivity index (χ1n) is 13.2. The van der Waals surface area contributed by atoms with Crippen LogP contribution in [0.5, 0.6) is 0 Å². The van der Waals surface area contributed by atoms with Crippen molar-refractivity contribution in [1.29, 1.82) is 0 Å². The van der Waals surface area contributed by atoms with Gasteiger partial charge in [-0.2, -0.15) is 0 Å². The molecule has 0 bridgehead atoms. The summed E-state index contributed by atoms with van der Waals surface area (Å²) in [6.07, 6.45) is 5.35. The highest BCUT2D eigenvalue weighted by Crippen LogP contribution is 2.22. The Kier molecular flexibility index (Phi) is 13.1. The van der Waals surface area contributed by atoms with Crippen LogP contribution in [-0.4, -0.2) is 75.2 Å². The second-order valence-electron chi connectivity index (χ2n) is 9.52. The molecule has 8 N–H and O–H groups in total. The smallest absolute Gasteiger partial charge is 0.307 e. The van der Waals surface area contributed by atoms with Crippen molar-refractivity contribution in [3.63, 3.8) is 0 Å². The molecule has 14 heteroatoms. The fourth-order valence-corrected chi connectivity index (χ4v) is 4.54. The van der Waals surface area contributed by atoms with Crippen LogP contribution in [0.1, 0.15) is 12.8 Å². The van der Waals surface area contributed by atoms with Crippen molar-refractivity contribution in [2.24, 2.45) is 11.8 Å². The lowest BCUT2D eigenvalue weighted by Crippen LogP contribution is -2.33. The maximum atomic E-state index is 10.6. The van der Waals surface area contributed by atoms with Crippen LogP contribution in [0.4, 0.5) is 0 Å². The lowest BCUT2D eigenvalue weighted by atomic mass is 9.87. The van der Waals surface area contributed by atoms with E-state index in [1.807, 2.05) is 24.3 Å². The van der Waals surface area contributed by atoms with Crippen LogP contribution in [0.15, 0.2) is 97.6 Å². The molecule has 2 aromatic carbocycles. The number of fused-ring (bicyclic) bond motifs is 6. The van der Waals surface area contributed by atoms with E-state index >= 15 is 0 Å². The Morgan fingerprint density at radius 3 is 0.891 bits per heavy atom. The summed E-state index contributed by atoms with van der Waals surface area (Å²) in [7, 11) is 0. The van der Waals surface area contributed by atoms with Crippen molar-refractivity contribution in [1.82, 2.24) is 19.9 Å². The van der Waals surface area contributed by atoms with Crippen LogP contribution < -0.4 is 0 Å². The van der Waals surface area contributed by atoms with Gasteiger partial charge in [0.2, 0.25) is 0 Å². The number of aliphatic carboxylic acids is 4. The van der Waals surface area contributed by atoms with Gasteiger partial charge in [-0.3, -0.25) is 39.1 Å². The van der Waals surface area contributed by atoms with Gasteiger partial charge in [0.1, 0.15) is 0 Å². The maximum Gasteiger partial charge on any atom is 0.307 e. The molecule has 0 unspecified atom stereocenters. The number of carbonyl (C=O) groups is 4. The Labute approximate surface area is 260 Å². The zero-order valence-corrected chi connectivity index (χ0v) is 24.0. The number of rotatable bonds is 7. The van der Waals surface area contributed by atoms with E-state index in [0.29, 0.717) is 0 Å². The molecule has 14 nitrogen and oxygen atoms in total. The molecule has 46 heavy (non-hydrogen) atoms. The highest BCUT2D eigenvalue weighted by Gasteiger charge is 2.37. The maximum absolute atomic E-state index is 10.6. The minimum Gasteiger partial charge on any atom is -0.481 e. The normalized spacial score (nSPS) is 11.4. The average molecular weight is 631 g/mol. The number of benzene rings is 2. The molecule has 2 atom stereocenters. The molecule has 4 aromatic heterocycles. The molecular formula is C32H30N4O10. The number of carboxylic acids is 4. The zero-order chi connectivity index (χ0) is 31.6. The highest BCUT2D eigenvalue weighted by atomic mass is 16.4. The summed E-state index contributed by atoms with van der Waals surface area (Å²) in [5.74, 6) is -9.79. The van der Waals surface area contributed by atoms with Crippen LogP contribution in [0, 0.1) is 11.8 Å². The van der Waals surface area contributed by atoms with Gasteiger partial charge in [0, 0.05) is 46.3 Å². The van der Waals surface area contributed by atoms with Crippen molar-refractivity contribution in [3.05, 3.63) is 97.6 Å². The number of carboxylic acid groups (broad SMARTS) is 4. The number of pyridine rings is 4. The quantitative estimate of drug-likeness (QED) is 0.185. The van der Waals surface area contributed by atoms with Crippen LogP contribution in [0.3, 0.4) is 0 Å². The first-order valence-corrected chi connectivity index (χ1v) is 13.2. The highest BCUT2D eigenvalue weighted by molar-refractivity contribution is 6.03. The van der Waals surface area contributed by atoms with Crippen LogP contribution in [-0.2, 0) is 19.2 Å². The molecule has 4 heterocycles. The van der Waals surface area contributed by atoms with Crippen molar-refractivity contribution in [2.75, 3.05) is 0 Å². The molecule has 6 aromatic rings. The molecule has 0 radical (unpaired) electrons. The fourth-order valence-electron chi connectivity index (χ4n) is 4.54. The van der Waals surface area contributed by atoms with E-state index in [1.54, 1.807) is 24.8 Å². The Balaban J connectivity index is 0.000000235. The molecular weight excluding hydrogens is 600 g/mol. The lowest BCUT2D eigenvalue weighted by Gasteiger charge is -2.16. The second kappa shape index (κ2) is 16.7. The third-order valence-electron chi connectivity index (χ3n) is 6.60. The monoisotopic (exact) mass is 630 g/mol. The van der Waals surface area contributed by atoms with Gasteiger partial charge in [0.05, 0.1) is 46.7 Å². The Morgan fingerprint density at radius 2 is 0.696 bits per heavy atom. The van der Waals surface area contributed by atoms with Crippen LogP contribution in [0.25, 0.3) is 43.6 Å². The molecule has 0 saturated carbocycles. The van der Waals surface area contributed by atoms with Gasteiger partial charge in [-0.1, -0.05) is 48.5 Å². The third kappa shape index (κ3) is 8.95. The minimum atomic E-state index is -1.76. The van der Waals surface area contributed by atoms with E-state index in [2.05, 4.69) is 68.5 Å². The van der Waals surface area contributed by atoms with Gasteiger partial charge in [-0.25, -0.2) is 0 Å². The summed E-state index contributed by atoms with van der Waals surface area (Å²) in [5.41, 5.74) is 3.91. The zero-order valence-electron chi connectivity index (χ0n) is 24.0. The van der Waals surface area contributed by atoms with E-state index in [0.717, 1.165) is 43.6 Å². The molecule has 6 rings (SSSR count). The number of aromatic nitrogens is 4. The molecule has 0 aliphatic rings. The van der Waals surface area contributed by atoms with Crippen molar-refractivity contribution in [3.8, 4) is 0 Å². The topological polar surface area (TPSA) is 264 Å². The van der Waals surface area contributed by atoms with Gasteiger partial charge < -0.3 is 31.4 Å².